The first-order chi connectivity index (χ1) is 7.57. The van der Waals surface area contributed by atoms with Crippen LogP contribution in [-0.4, -0.2) is 19.3 Å². The zero-order chi connectivity index (χ0) is 11.3. The highest BCUT2D eigenvalue weighted by Crippen LogP contribution is 2.31. The second kappa shape index (κ2) is 3.49. The monoisotopic (exact) mass is 282 g/mol. The minimum atomic E-state index is -0.322. The lowest BCUT2D eigenvalue weighted by Crippen LogP contribution is -2.40. The van der Waals surface area contributed by atoms with Gasteiger partial charge in [0.05, 0.1) is 12.2 Å². The lowest BCUT2D eigenvalue weighted by atomic mass is 9.77. The fourth-order valence-electron chi connectivity index (χ4n) is 2.06. The molecule has 3 nitrogen and oxygen atoms in total. The summed E-state index contributed by atoms with van der Waals surface area (Å²) in [4.78, 5) is 0. The van der Waals surface area contributed by atoms with Gasteiger partial charge in [0.2, 0.25) is 0 Å². The van der Waals surface area contributed by atoms with Crippen molar-refractivity contribution in [3.8, 4) is 5.75 Å². The predicted octanol–water partition coefficient (Wildman–Crippen LogP) is 1.86. The Labute approximate surface area is 103 Å². The molecule has 0 N–H and O–H groups in total. The average Bonchev–Trinajstić information content (AvgIpc) is 2.56. The first-order valence-corrected chi connectivity index (χ1v) is 6.10. The van der Waals surface area contributed by atoms with Gasteiger partial charge in [0.15, 0.2) is 0 Å². The average molecular weight is 283 g/mol. The van der Waals surface area contributed by atoms with Crippen LogP contribution >= 0.6 is 15.9 Å². The number of rotatable bonds is 0. The summed E-state index contributed by atoms with van der Waals surface area (Å²) in [5.41, 5.74) is 1.86. The lowest BCUT2D eigenvalue weighted by Gasteiger charge is -2.24. The highest BCUT2D eigenvalue weighted by atomic mass is 79.9. The smallest absolute Gasteiger partial charge is 0.491 e. The number of halogens is 1. The first-order valence-electron chi connectivity index (χ1n) is 5.30. The van der Waals surface area contributed by atoms with Crippen LogP contribution in [0.25, 0.3) is 0 Å². The summed E-state index contributed by atoms with van der Waals surface area (Å²) in [5, 5.41) is 0. The van der Waals surface area contributed by atoms with Crippen LogP contribution in [0, 0.1) is 0 Å². The van der Waals surface area contributed by atoms with E-state index in [9.17, 15) is 0 Å². The summed E-state index contributed by atoms with van der Waals surface area (Å²) in [5.74, 6) is 0.881. The predicted molar refractivity (Wildman–Crippen MR) is 65.0 cm³/mol. The molecule has 1 aromatic carbocycles. The Balaban J connectivity index is 2.12. The van der Waals surface area contributed by atoms with Crippen molar-refractivity contribution in [2.45, 2.75) is 26.1 Å². The number of benzene rings is 1. The molecule has 2 aliphatic heterocycles. The molecular formula is C11H12BBrO3. The summed E-state index contributed by atoms with van der Waals surface area (Å²) in [6.07, 6.45) is 0. The largest absolute Gasteiger partial charge is 0.498 e. The second-order valence-electron chi connectivity index (χ2n) is 4.75. The van der Waals surface area contributed by atoms with E-state index in [2.05, 4.69) is 15.9 Å². The van der Waals surface area contributed by atoms with Crippen molar-refractivity contribution in [1.82, 2.24) is 0 Å². The molecule has 0 bridgehead atoms. The van der Waals surface area contributed by atoms with Crippen molar-refractivity contribution in [3.05, 3.63) is 22.2 Å². The van der Waals surface area contributed by atoms with Gasteiger partial charge in [0.25, 0.3) is 0 Å². The third kappa shape index (κ3) is 1.58. The number of ether oxygens (including phenoxy) is 1. The zero-order valence-corrected chi connectivity index (χ0v) is 10.8. The standard InChI is InChI=1S/C11H12BBrO3/c1-11(2)6-14-9-4-3-8(13)7-5-15-12(16-11)10(7)9/h3-4H,5-6H2,1-2H3. The first kappa shape index (κ1) is 10.6. The molecule has 1 aromatic rings. The van der Waals surface area contributed by atoms with E-state index in [0.29, 0.717) is 13.2 Å². The third-order valence-corrected chi connectivity index (χ3v) is 3.62. The molecule has 0 saturated heterocycles. The van der Waals surface area contributed by atoms with Crippen LogP contribution in [0.15, 0.2) is 16.6 Å². The normalized spacial score (nSPS) is 21.3. The van der Waals surface area contributed by atoms with Gasteiger partial charge < -0.3 is 14.0 Å². The molecule has 0 saturated carbocycles. The van der Waals surface area contributed by atoms with Crippen molar-refractivity contribution < 1.29 is 14.0 Å². The highest BCUT2D eigenvalue weighted by Gasteiger charge is 2.42. The van der Waals surface area contributed by atoms with E-state index in [0.717, 1.165) is 21.2 Å². The van der Waals surface area contributed by atoms with Crippen LogP contribution in [0.2, 0.25) is 0 Å². The van der Waals surface area contributed by atoms with Crippen LogP contribution in [0.3, 0.4) is 0 Å². The quantitative estimate of drug-likeness (QED) is 0.680. The van der Waals surface area contributed by atoms with E-state index in [-0.39, 0.29) is 12.7 Å². The topological polar surface area (TPSA) is 27.7 Å². The van der Waals surface area contributed by atoms with Crippen molar-refractivity contribution in [3.63, 3.8) is 0 Å². The maximum atomic E-state index is 5.91. The maximum absolute atomic E-state index is 5.91. The number of hydrogen-bond donors (Lipinski definition) is 0. The SMILES string of the molecule is CC1(C)COc2ccc(Br)c3c2B(OC3)O1. The Morgan fingerprint density at radius 1 is 1.38 bits per heavy atom. The summed E-state index contributed by atoms with van der Waals surface area (Å²) in [6, 6.07) is 3.97. The molecular weight excluding hydrogens is 271 g/mol. The molecule has 3 rings (SSSR count). The molecule has 84 valence electrons. The number of hydrogen-bond acceptors (Lipinski definition) is 3. The molecule has 2 heterocycles. The molecule has 0 aromatic heterocycles. The zero-order valence-electron chi connectivity index (χ0n) is 9.25. The third-order valence-electron chi connectivity index (χ3n) is 2.88. The van der Waals surface area contributed by atoms with Gasteiger partial charge in [-0.05, 0) is 31.5 Å². The molecule has 16 heavy (non-hydrogen) atoms. The molecule has 0 unspecified atom stereocenters. The van der Waals surface area contributed by atoms with E-state index in [1.54, 1.807) is 0 Å². The molecule has 0 fully saturated rings. The van der Waals surface area contributed by atoms with Crippen molar-refractivity contribution >= 4 is 28.5 Å². The van der Waals surface area contributed by atoms with Crippen LogP contribution in [-0.2, 0) is 15.9 Å². The molecule has 5 heteroatoms. The van der Waals surface area contributed by atoms with Crippen molar-refractivity contribution in [2.75, 3.05) is 6.61 Å². The van der Waals surface area contributed by atoms with Gasteiger partial charge in [-0.1, -0.05) is 15.9 Å². The van der Waals surface area contributed by atoms with Crippen LogP contribution in [0.4, 0.5) is 0 Å². The highest BCUT2D eigenvalue weighted by molar-refractivity contribution is 9.10. The van der Waals surface area contributed by atoms with Gasteiger partial charge in [-0.2, -0.15) is 0 Å². The Morgan fingerprint density at radius 2 is 2.19 bits per heavy atom. The van der Waals surface area contributed by atoms with E-state index in [4.69, 9.17) is 14.0 Å². The van der Waals surface area contributed by atoms with Gasteiger partial charge >= 0.3 is 7.12 Å². The second-order valence-corrected chi connectivity index (χ2v) is 5.60. The van der Waals surface area contributed by atoms with E-state index in [1.807, 2.05) is 26.0 Å². The molecule has 0 spiro atoms. The van der Waals surface area contributed by atoms with Gasteiger partial charge in [-0.3, -0.25) is 0 Å². The lowest BCUT2D eigenvalue weighted by molar-refractivity contribution is 0.0352. The van der Waals surface area contributed by atoms with Crippen molar-refractivity contribution in [2.24, 2.45) is 0 Å². The van der Waals surface area contributed by atoms with E-state index < -0.39 is 0 Å². The Bertz CT molecular complexity index is 447. The van der Waals surface area contributed by atoms with E-state index in [1.165, 1.54) is 0 Å². The maximum Gasteiger partial charge on any atom is 0.498 e. The molecule has 2 aliphatic rings. The molecule has 0 aliphatic carbocycles. The van der Waals surface area contributed by atoms with Gasteiger partial charge in [0, 0.05) is 9.94 Å². The molecule has 0 radical (unpaired) electrons. The van der Waals surface area contributed by atoms with Gasteiger partial charge in [0.1, 0.15) is 12.4 Å². The van der Waals surface area contributed by atoms with E-state index >= 15 is 0 Å². The minimum Gasteiger partial charge on any atom is -0.491 e. The van der Waals surface area contributed by atoms with Gasteiger partial charge in [-0.25, -0.2) is 0 Å². The summed E-state index contributed by atoms with van der Waals surface area (Å²) < 4.78 is 18.4. The fraction of sp³-hybridized carbons (Fsp3) is 0.455. The van der Waals surface area contributed by atoms with Gasteiger partial charge in [-0.15, -0.1) is 0 Å². The summed E-state index contributed by atoms with van der Waals surface area (Å²) >= 11 is 3.53. The minimum absolute atomic E-state index is 0.292. The Kier molecular flexibility index (Phi) is 2.32. The summed E-state index contributed by atoms with van der Waals surface area (Å²) in [7, 11) is -0.292. The summed E-state index contributed by atoms with van der Waals surface area (Å²) in [6.45, 7) is 5.14. The van der Waals surface area contributed by atoms with Crippen LogP contribution in [0.1, 0.15) is 19.4 Å². The Morgan fingerprint density at radius 3 is 3.00 bits per heavy atom. The fourth-order valence-corrected chi connectivity index (χ4v) is 2.52. The molecule has 0 atom stereocenters. The van der Waals surface area contributed by atoms with Crippen LogP contribution < -0.4 is 10.2 Å². The van der Waals surface area contributed by atoms with Crippen molar-refractivity contribution in [1.29, 1.82) is 0 Å². The molecule has 0 amide bonds. The van der Waals surface area contributed by atoms with Crippen LogP contribution in [0.5, 0.6) is 5.75 Å². The Hall–Kier alpha value is -0.515.